The van der Waals surface area contributed by atoms with Crippen molar-refractivity contribution in [3.8, 4) is 0 Å². The molecule has 0 aromatic rings. The maximum atomic E-state index is 5.45. The number of ether oxygens (including phenoxy) is 1. The molecular formula is C11H20OS. The van der Waals surface area contributed by atoms with E-state index in [0.717, 1.165) is 18.4 Å². The van der Waals surface area contributed by atoms with Crippen molar-refractivity contribution in [2.75, 3.05) is 6.61 Å². The molecule has 0 radical (unpaired) electrons. The molecule has 2 heteroatoms. The highest BCUT2D eigenvalue weighted by Gasteiger charge is 2.27. The first kappa shape index (κ1) is 11.0. The summed E-state index contributed by atoms with van der Waals surface area (Å²) in [5, 5.41) is 0.685. The van der Waals surface area contributed by atoms with E-state index in [4.69, 9.17) is 17.0 Å². The molecule has 3 atom stereocenters. The molecule has 0 saturated heterocycles. The van der Waals surface area contributed by atoms with Crippen LogP contribution in [0.4, 0.5) is 0 Å². The maximum Gasteiger partial charge on any atom is 0.156 e. The minimum Gasteiger partial charge on any atom is -0.487 e. The zero-order chi connectivity index (χ0) is 9.84. The second kappa shape index (κ2) is 4.94. The first-order valence-corrected chi connectivity index (χ1v) is 5.65. The number of hydrogen-bond acceptors (Lipinski definition) is 2. The Morgan fingerprint density at radius 2 is 1.85 bits per heavy atom. The third kappa shape index (κ3) is 3.26. The van der Waals surface area contributed by atoms with Crippen LogP contribution in [-0.2, 0) is 4.74 Å². The molecule has 1 saturated carbocycles. The van der Waals surface area contributed by atoms with E-state index in [0.29, 0.717) is 11.0 Å². The third-order valence-corrected chi connectivity index (χ3v) is 3.38. The van der Waals surface area contributed by atoms with Crippen molar-refractivity contribution in [1.29, 1.82) is 0 Å². The number of hydrogen-bond donors (Lipinski definition) is 0. The van der Waals surface area contributed by atoms with Crippen molar-refractivity contribution in [1.82, 2.24) is 0 Å². The zero-order valence-electron chi connectivity index (χ0n) is 8.88. The Morgan fingerprint density at radius 3 is 2.31 bits per heavy atom. The fourth-order valence-electron chi connectivity index (χ4n) is 2.29. The van der Waals surface area contributed by atoms with Gasteiger partial charge in [0.15, 0.2) is 5.05 Å². The quantitative estimate of drug-likeness (QED) is 0.632. The molecule has 0 bridgehead atoms. The fourth-order valence-corrected chi connectivity index (χ4v) is 2.36. The van der Waals surface area contributed by atoms with E-state index in [9.17, 15) is 0 Å². The van der Waals surface area contributed by atoms with Gasteiger partial charge in [-0.15, -0.1) is 0 Å². The van der Waals surface area contributed by atoms with E-state index in [-0.39, 0.29) is 0 Å². The maximum absolute atomic E-state index is 5.45. The predicted molar refractivity (Wildman–Crippen MR) is 59.9 cm³/mol. The van der Waals surface area contributed by atoms with Crippen molar-refractivity contribution in [3.63, 3.8) is 0 Å². The summed E-state index contributed by atoms with van der Waals surface area (Å²) in [5.41, 5.74) is 0. The molecule has 1 aliphatic carbocycles. The smallest absolute Gasteiger partial charge is 0.156 e. The molecule has 1 unspecified atom stereocenters. The summed E-state index contributed by atoms with van der Waals surface area (Å²) >= 11 is 4.92. The first-order chi connectivity index (χ1) is 6.11. The zero-order valence-corrected chi connectivity index (χ0v) is 9.69. The molecule has 0 N–H and O–H groups in total. The molecule has 0 aromatic carbocycles. The van der Waals surface area contributed by atoms with Crippen LogP contribution in [0.25, 0.3) is 0 Å². The van der Waals surface area contributed by atoms with Gasteiger partial charge in [0.25, 0.3) is 0 Å². The SMILES string of the molecule is CC(=S)OCC1[C@H](C)CCC[C@@H]1C. The molecule has 0 heterocycles. The second-order valence-electron chi connectivity index (χ2n) is 4.35. The van der Waals surface area contributed by atoms with Gasteiger partial charge in [0, 0.05) is 6.92 Å². The van der Waals surface area contributed by atoms with Crippen LogP contribution in [-0.4, -0.2) is 11.7 Å². The molecule has 0 aliphatic heterocycles. The van der Waals surface area contributed by atoms with E-state index in [1.807, 2.05) is 6.92 Å². The topological polar surface area (TPSA) is 9.23 Å². The molecule has 0 aromatic heterocycles. The Labute approximate surface area is 86.9 Å². The molecule has 1 aliphatic rings. The minimum atomic E-state index is 0.685. The average molecular weight is 200 g/mol. The largest absolute Gasteiger partial charge is 0.487 e. The molecular weight excluding hydrogens is 180 g/mol. The molecule has 13 heavy (non-hydrogen) atoms. The third-order valence-electron chi connectivity index (χ3n) is 3.26. The van der Waals surface area contributed by atoms with Gasteiger partial charge in [-0.2, -0.15) is 0 Å². The Morgan fingerprint density at radius 1 is 1.31 bits per heavy atom. The lowest BCUT2D eigenvalue weighted by molar-refractivity contribution is 0.106. The fraction of sp³-hybridized carbons (Fsp3) is 0.909. The minimum absolute atomic E-state index is 0.685. The summed E-state index contributed by atoms with van der Waals surface area (Å²) in [4.78, 5) is 0. The van der Waals surface area contributed by atoms with Crippen LogP contribution in [0, 0.1) is 17.8 Å². The highest BCUT2D eigenvalue weighted by atomic mass is 32.1. The van der Waals surface area contributed by atoms with Crippen molar-refractivity contribution in [3.05, 3.63) is 0 Å². The molecule has 1 nitrogen and oxygen atoms in total. The lowest BCUT2D eigenvalue weighted by Gasteiger charge is -2.34. The Kier molecular flexibility index (Phi) is 4.17. The number of rotatable bonds is 2. The van der Waals surface area contributed by atoms with Crippen molar-refractivity contribution < 1.29 is 4.74 Å². The molecule has 0 spiro atoms. The first-order valence-electron chi connectivity index (χ1n) is 5.24. The van der Waals surface area contributed by atoms with Crippen molar-refractivity contribution in [2.45, 2.75) is 40.0 Å². The van der Waals surface area contributed by atoms with Gasteiger partial charge in [-0.05, 0) is 30.0 Å². The highest BCUT2D eigenvalue weighted by Crippen LogP contribution is 2.34. The lowest BCUT2D eigenvalue weighted by atomic mass is 9.74. The Balaban J connectivity index is 2.39. The van der Waals surface area contributed by atoms with Gasteiger partial charge in [-0.3, -0.25) is 0 Å². The van der Waals surface area contributed by atoms with E-state index in [2.05, 4.69) is 13.8 Å². The van der Waals surface area contributed by atoms with Gasteiger partial charge in [-0.1, -0.05) is 33.1 Å². The summed E-state index contributed by atoms with van der Waals surface area (Å²) in [6, 6.07) is 0. The van der Waals surface area contributed by atoms with Crippen LogP contribution in [0.5, 0.6) is 0 Å². The second-order valence-corrected chi connectivity index (χ2v) is 4.93. The van der Waals surface area contributed by atoms with Crippen LogP contribution in [0.2, 0.25) is 0 Å². The predicted octanol–water partition coefficient (Wildman–Crippen LogP) is 3.42. The summed E-state index contributed by atoms with van der Waals surface area (Å²) in [6.45, 7) is 7.36. The van der Waals surface area contributed by atoms with Crippen molar-refractivity contribution >= 4 is 17.3 Å². The van der Waals surface area contributed by atoms with Crippen molar-refractivity contribution in [2.24, 2.45) is 17.8 Å². The number of thiocarbonyl (C=S) groups is 1. The summed E-state index contributed by atoms with van der Waals surface area (Å²) in [7, 11) is 0. The molecule has 76 valence electrons. The molecule has 1 rings (SSSR count). The van der Waals surface area contributed by atoms with E-state index in [1.54, 1.807) is 0 Å². The van der Waals surface area contributed by atoms with E-state index >= 15 is 0 Å². The van der Waals surface area contributed by atoms with Crippen LogP contribution >= 0.6 is 12.2 Å². The van der Waals surface area contributed by atoms with Gasteiger partial charge in [0.2, 0.25) is 0 Å². The lowest BCUT2D eigenvalue weighted by Crippen LogP contribution is -2.29. The monoisotopic (exact) mass is 200 g/mol. The van der Waals surface area contributed by atoms with Gasteiger partial charge in [-0.25, -0.2) is 0 Å². The summed E-state index contributed by atoms with van der Waals surface area (Å²) < 4.78 is 5.45. The normalized spacial score (nSPS) is 34.2. The van der Waals surface area contributed by atoms with Crippen LogP contribution < -0.4 is 0 Å². The van der Waals surface area contributed by atoms with Crippen LogP contribution in [0.1, 0.15) is 40.0 Å². The Hall–Kier alpha value is -0.110. The van der Waals surface area contributed by atoms with Crippen LogP contribution in [0.15, 0.2) is 0 Å². The molecule has 1 fully saturated rings. The average Bonchev–Trinajstić information content (AvgIpc) is 2.03. The van der Waals surface area contributed by atoms with Gasteiger partial charge < -0.3 is 4.74 Å². The van der Waals surface area contributed by atoms with Gasteiger partial charge in [0.1, 0.15) is 0 Å². The summed E-state index contributed by atoms with van der Waals surface area (Å²) in [5.74, 6) is 2.32. The standard InChI is InChI=1S/C11H20OS/c1-8-5-4-6-9(2)11(8)7-12-10(3)13/h8-9,11H,4-7H2,1-3H3/t8-,9+,11?. The van der Waals surface area contributed by atoms with Crippen LogP contribution in [0.3, 0.4) is 0 Å². The van der Waals surface area contributed by atoms with Gasteiger partial charge >= 0.3 is 0 Å². The summed E-state index contributed by atoms with van der Waals surface area (Å²) in [6.07, 6.45) is 4.10. The van der Waals surface area contributed by atoms with Gasteiger partial charge in [0.05, 0.1) is 6.61 Å². The van der Waals surface area contributed by atoms with E-state index in [1.165, 1.54) is 19.3 Å². The highest BCUT2D eigenvalue weighted by molar-refractivity contribution is 7.80. The molecule has 0 amide bonds. The van der Waals surface area contributed by atoms with E-state index < -0.39 is 0 Å². The Bertz CT molecular complexity index is 169.